The van der Waals surface area contributed by atoms with Crippen molar-refractivity contribution < 1.29 is 14.5 Å². The lowest BCUT2D eigenvalue weighted by molar-refractivity contribution is -0.384. The van der Waals surface area contributed by atoms with Crippen molar-refractivity contribution in [1.82, 2.24) is 9.55 Å². The van der Waals surface area contributed by atoms with Gasteiger partial charge in [0.1, 0.15) is 11.3 Å². The molecule has 1 atom stereocenters. The fourth-order valence-electron chi connectivity index (χ4n) is 2.92. The molecular weight excluding hydrogens is 366 g/mol. The van der Waals surface area contributed by atoms with E-state index in [0.29, 0.717) is 30.1 Å². The summed E-state index contributed by atoms with van der Waals surface area (Å²) < 4.78 is 6.36. The summed E-state index contributed by atoms with van der Waals surface area (Å²) in [5.41, 5.74) is 3.37. The zero-order valence-corrected chi connectivity index (χ0v) is 15.4. The highest BCUT2D eigenvalue weighted by atomic mass is 16.6. The number of nitrogens with one attached hydrogen (secondary N) is 1. The molecular formula is C18H19N5O5. The number of hydrogen-bond donors (Lipinski definition) is 1. The van der Waals surface area contributed by atoms with Gasteiger partial charge in [0.2, 0.25) is 0 Å². The van der Waals surface area contributed by atoms with Gasteiger partial charge >= 0.3 is 5.97 Å². The van der Waals surface area contributed by atoms with E-state index in [-0.39, 0.29) is 23.9 Å². The van der Waals surface area contributed by atoms with Crippen molar-refractivity contribution in [1.29, 1.82) is 0 Å². The number of hydrazone groups is 1. The molecule has 1 aliphatic rings. The molecule has 3 rings (SSSR count). The number of carbonyl (C=O) groups is 1. The summed E-state index contributed by atoms with van der Waals surface area (Å²) in [5, 5.41) is 15.0. The zero-order chi connectivity index (χ0) is 20.3. The quantitative estimate of drug-likeness (QED) is 0.475. The second kappa shape index (κ2) is 7.99. The molecule has 10 nitrogen and oxygen atoms in total. The minimum absolute atomic E-state index is 0.0187. The lowest BCUT2D eigenvalue weighted by Gasteiger charge is -2.25. The molecule has 1 unspecified atom stereocenters. The Balaban J connectivity index is 1.91. The van der Waals surface area contributed by atoms with E-state index in [0.717, 1.165) is 0 Å². The van der Waals surface area contributed by atoms with E-state index in [1.807, 2.05) is 6.92 Å². The van der Waals surface area contributed by atoms with E-state index in [1.165, 1.54) is 35.0 Å². The summed E-state index contributed by atoms with van der Waals surface area (Å²) in [7, 11) is 0. The fraction of sp³-hybridized carbons (Fsp3) is 0.333. The maximum atomic E-state index is 12.7. The number of nitro groups is 1. The molecule has 2 heterocycles. The first-order valence-corrected chi connectivity index (χ1v) is 8.78. The van der Waals surface area contributed by atoms with Crippen molar-refractivity contribution in [2.45, 2.75) is 32.7 Å². The molecule has 2 aromatic rings. The number of non-ortho nitro benzene ring substituents is 1. The molecule has 0 spiro atoms. The first kappa shape index (κ1) is 19.2. The number of benzene rings is 1. The van der Waals surface area contributed by atoms with Crippen LogP contribution in [0.2, 0.25) is 0 Å². The summed E-state index contributed by atoms with van der Waals surface area (Å²) in [6.07, 6.45) is 2.46. The van der Waals surface area contributed by atoms with Gasteiger partial charge in [0, 0.05) is 24.4 Å². The molecule has 0 fully saturated rings. The number of ether oxygens (including phenoxy) is 1. The van der Waals surface area contributed by atoms with E-state index >= 15 is 0 Å². The van der Waals surface area contributed by atoms with Crippen molar-refractivity contribution in [3.05, 3.63) is 62.3 Å². The van der Waals surface area contributed by atoms with E-state index in [1.54, 1.807) is 6.92 Å². The lowest BCUT2D eigenvalue weighted by Crippen LogP contribution is -2.37. The maximum Gasteiger partial charge on any atom is 0.345 e. The van der Waals surface area contributed by atoms with Gasteiger partial charge < -0.3 is 4.74 Å². The molecule has 1 aromatic carbocycles. The summed E-state index contributed by atoms with van der Waals surface area (Å²) in [4.78, 5) is 39.2. The Kier molecular flexibility index (Phi) is 5.48. The number of carbonyl (C=O) groups excluding carboxylic acids is 1. The average molecular weight is 385 g/mol. The highest BCUT2D eigenvalue weighted by Crippen LogP contribution is 2.22. The molecule has 10 heteroatoms. The molecule has 0 amide bonds. The van der Waals surface area contributed by atoms with Crippen LogP contribution < -0.4 is 11.0 Å². The number of anilines is 1. The minimum atomic E-state index is -0.699. The van der Waals surface area contributed by atoms with Gasteiger partial charge in [0.25, 0.3) is 11.2 Å². The average Bonchev–Trinajstić information content (AvgIpc) is 2.68. The highest BCUT2D eigenvalue weighted by Gasteiger charge is 2.27. The van der Waals surface area contributed by atoms with Crippen LogP contribution in [0, 0.1) is 10.1 Å². The highest BCUT2D eigenvalue weighted by molar-refractivity contribution is 5.99. The van der Waals surface area contributed by atoms with Crippen molar-refractivity contribution >= 4 is 23.1 Å². The van der Waals surface area contributed by atoms with Crippen LogP contribution in [0.5, 0.6) is 0 Å². The number of nitrogens with zero attached hydrogens (tertiary/aromatic N) is 4. The lowest BCUT2D eigenvalue weighted by atomic mass is 10.0. The molecule has 146 valence electrons. The Bertz CT molecular complexity index is 996. The molecule has 0 radical (unpaired) electrons. The van der Waals surface area contributed by atoms with Crippen molar-refractivity contribution in [3.63, 3.8) is 0 Å². The summed E-state index contributed by atoms with van der Waals surface area (Å²) in [6.45, 7) is 3.71. The monoisotopic (exact) mass is 385 g/mol. The molecule has 0 bridgehead atoms. The third-order valence-electron chi connectivity index (χ3n) is 4.38. The topological polar surface area (TPSA) is 129 Å². The Morgan fingerprint density at radius 2 is 2.14 bits per heavy atom. The first-order valence-electron chi connectivity index (χ1n) is 8.78. The molecule has 0 aliphatic carbocycles. The predicted octanol–water partition coefficient (Wildman–Crippen LogP) is 2.50. The van der Waals surface area contributed by atoms with Crippen LogP contribution in [0.15, 0.2) is 40.4 Å². The van der Waals surface area contributed by atoms with Crippen molar-refractivity contribution in [3.8, 4) is 0 Å². The second-order valence-electron chi connectivity index (χ2n) is 6.25. The number of esters is 1. The smallest absolute Gasteiger partial charge is 0.345 e. The van der Waals surface area contributed by atoms with Gasteiger partial charge in [-0.3, -0.25) is 24.9 Å². The van der Waals surface area contributed by atoms with Crippen LogP contribution in [0.1, 0.15) is 48.9 Å². The van der Waals surface area contributed by atoms with Crippen molar-refractivity contribution in [2.24, 2.45) is 5.10 Å². The number of aromatic nitrogens is 2. The largest absolute Gasteiger partial charge is 0.462 e. The van der Waals surface area contributed by atoms with Crippen LogP contribution >= 0.6 is 0 Å². The third kappa shape index (κ3) is 3.75. The Labute approximate surface area is 160 Å². The summed E-state index contributed by atoms with van der Waals surface area (Å²) in [6, 6.07) is 5.68. The molecule has 1 N–H and O–H groups in total. The van der Waals surface area contributed by atoms with E-state index in [9.17, 15) is 19.7 Å². The van der Waals surface area contributed by atoms with Gasteiger partial charge in [-0.05, 0) is 38.8 Å². The van der Waals surface area contributed by atoms with Crippen LogP contribution in [0.3, 0.4) is 0 Å². The number of fused-ring (bicyclic) bond motifs is 1. The maximum absolute atomic E-state index is 12.7. The van der Waals surface area contributed by atoms with E-state index in [2.05, 4.69) is 15.5 Å². The first-order chi connectivity index (χ1) is 13.4. The Morgan fingerprint density at radius 3 is 2.79 bits per heavy atom. The van der Waals surface area contributed by atoms with E-state index in [4.69, 9.17) is 4.74 Å². The fourth-order valence-corrected chi connectivity index (χ4v) is 2.92. The number of hydrogen-bond acceptors (Lipinski definition) is 8. The van der Waals surface area contributed by atoms with Gasteiger partial charge in [-0.15, -0.1) is 0 Å². The van der Waals surface area contributed by atoms with Crippen LogP contribution in [0.25, 0.3) is 0 Å². The Hall–Kier alpha value is -3.56. The zero-order valence-electron chi connectivity index (χ0n) is 15.4. The van der Waals surface area contributed by atoms with Gasteiger partial charge in [-0.25, -0.2) is 9.78 Å². The molecule has 1 aliphatic heterocycles. The summed E-state index contributed by atoms with van der Waals surface area (Å²) >= 11 is 0. The third-order valence-corrected chi connectivity index (χ3v) is 4.38. The minimum Gasteiger partial charge on any atom is -0.462 e. The van der Waals surface area contributed by atoms with Gasteiger partial charge in [-0.1, -0.05) is 0 Å². The van der Waals surface area contributed by atoms with Gasteiger partial charge in [-0.2, -0.15) is 5.10 Å². The molecule has 0 saturated carbocycles. The van der Waals surface area contributed by atoms with Crippen LogP contribution in [-0.4, -0.2) is 32.8 Å². The SMILES string of the molecule is CCOC(=O)c1cnc2n(c1=O)C(C)CCC2=NNc1ccc([N+](=O)[O-])cc1. The molecule has 0 saturated heterocycles. The van der Waals surface area contributed by atoms with E-state index < -0.39 is 16.5 Å². The van der Waals surface area contributed by atoms with Gasteiger partial charge in [0.05, 0.1) is 17.2 Å². The van der Waals surface area contributed by atoms with Crippen LogP contribution in [-0.2, 0) is 4.74 Å². The summed E-state index contributed by atoms with van der Waals surface area (Å²) in [5.74, 6) is -0.318. The van der Waals surface area contributed by atoms with Crippen molar-refractivity contribution in [2.75, 3.05) is 12.0 Å². The predicted molar refractivity (Wildman–Crippen MR) is 102 cm³/mol. The molecule has 1 aromatic heterocycles. The van der Waals surface area contributed by atoms with Gasteiger partial charge in [0.15, 0.2) is 5.82 Å². The Morgan fingerprint density at radius 1 is 1.43 bits per heavy atom. The second-order valence-corrected chi connectivity index (χ2v) is 6.25. The molecule has 28 heavy (non-hydrogen) atoms. The van der Waals surface area contributed by atoms with Crippen LogP contribution in [0.4, 0.5) is 11.4 Å². The standard InChI is InChI=1S/C18H19N5O5/c1-3-28-18(25)14-10-19-16-15(9-4-11(2)22(16)17(14)24)21-20-12-5-7-13(8-6-12)23(26)27/h5-8,10-11,20H,3-4,9H2,1-2H3. The normalized spacial score (nSPS) is 17.1. The number of rotatable bonds is 5. The number of nitro benzene ring substituents is 1.